The van der Waals surface area contributed by atoms with Gasteiger partial charge in [-0.25, -0.2) is 4.98 Å². The summed E-state index contributed by atoms with van der Waals surface area (Å²) in [6.45, 7) is 0. The lowest BCUT2D eigenvalue weighted by atomic mass is 10.1. The van der Waals surface area contributed by atoms with Gasteiger partial charge in [-0.3, -0.25) is 4.79 Å². The summed E-state index contributed by atoms with van der Waals surface area (Å²) >= 11 is 1.52. The molecule has 0 spiro atoms. The minimum atomic E-state index is 0.0591. The van der Waals surface area contributed by atoms with Crippen LogP contribution in [0.4, 0.5) is 0 Å². The average molecular weight is 322 g/mol. The third-order valence-corrected chi connectivity index (χ3v) is 4.70. The van der Waals surface area contributed by atoms with E-state index in [-0.39, 0.29) is 5.56 Å². The first-order valence-corrected chi connectivity index (χ1v) is 8.18. The van der Waals surface area contributed by atoms with Crippen molar-refractivity contribution in [3.05, 3.63) is 69.6 Å². The Morgan fingerprint density at radius 2 is 2.09 bits per heavy atom. The number of pyridine rings is 1. The van der Waals surface area contributed by atoms with Crippen LogP contribution >= 0.6 is 11.3 Å². The summed E-state index contributed by atoms with van der Waals surface area (Å²) in [7, 11) is 1.78. The monoisotopic (exact) mass is 322 g/mol. The molecular formula is C18H14N2O2S. The van der Waals surface area contributed by atoms with Gasteiger partial charge in [0.1, 0.15) is 10.6 Å². The van der Waals surface area contributed by atoms with Gasteiger partial charge in [0, 0.05) is 24.4 Å². The van der Waals surface area contributed by atoms with Crippen molar-refractivity contribution in [2.75, 3.05) is 0 Å². The molecule has 0 radical (unpaired) electrons. The minimum Gasteiger partial charge on any atom is -0.438 e. The second-order valence-electron chi connectivity index (χ2n) is 5.36. The molecule has 2 heterocycles. The molecule has 4 rings (SSSR count). The SMILES string of the molecule is Cn1cc(-c2scnc2Oc2ccccc2)c2c(c1=O)CC=C2. The first-order chi connectivity index (χ1) is 11.2. The zero-order valence-electron chi connectivity index (χ0n) is 12.5. The van der Waals surface area contributed by atoms with Crippen molar-refractivity contribution in [1.29, 1.82) is 0 Å². The van der Waals surface area contributed by atoms with Gasteiger partial charge in [0.25, 0.3) is 5.56 Å². The van der Waals surface area contributed by atoms with Crippen LogP contribution in [-0.4, -0.2) is 9.55 Å². The third-order valence-electron chi connectivity index (χ3n) is 3.86. The molecular weight excluding hydrogens is 308 g/mol. The van der Waals surface area contributed by atoms with E-state index >= 15 is 0 Å². The number of ether oxygens (including phenoxy) is 1. The number of benzene rings is 1. The fourth-order valence-corrected chi connectivity index (χ4v) is 3.50. The average Bonchev–Trinajstić information content (AvgIpc) is 3.21. The Bertz CT molecular complexity index is 955. The van der Waals surface area contributed by atoms with Gasteiger partial charge in [-0.1, -0.05) is 30.4 Å². The number of aromatic nitrogens is 2. The minimum absolute atomic E-state index is 0.0591. The number of fused-ring (bicyclic) bond motifs is 1. The zero-order valence-corrected chi connectivity index (χ0v) is 13.3. The molecule has 0 amide bonds. The van der Waals surface area contributed by atoms with Crippen LogP contribution in [0, 0.1) is 0 Å². The number of nitrogens with zero attached hydrogens (tertiary/aromatic N) is 2. The molecule has 0 saturated heterocycles. The summed E-state index contributed by atoms with van der Waals surface area (Å²) in [5.41, 5.74) is 4.64. The molecule has 0 aliphatic heterocycles. The van der Waals surface area contributed by atoms with E-state index in [1.54, 1.807) is 17.1 Å². The summed E-state index contributed by atoms with van der Waals surface area (Å²) < 4.78 is 7.55. The first kappa shape index (κ1) is 14.0. The fourth-order valence-electron chi connectivity index (χ4n) is 2.76. The van der Waals surface area contributed by atoms with Gasteiger partial charge in [-0.2, -0.15) is 0 Å². The van der Waals surface area contributed by atoms with Crippen molar-refractivity contribution in [1.82, 2.24) is 9.55 Å². The van der Waals surface area contributed by atoms with E-state index in [4.69, 9.17) is 4.74 Å². The summed E-state index contributed by atoms with van der Waals surface area (Å²) in [4.78, 5) is 17.5. The van der Waals surface area contributed by atoms with E-state index in [2.05, 4.69) is 4.98 Å². The van der Waals surface area contributed by atoms with Gasteiger partial charge in [0.05, 0.1) is 5.51 Å². The molecule has 0 atom stereocenters. The quantitative estimate of drug-likeness (QED) is 0.735. The van der Waals surface area contributed by atoms with Gasteiger partial charge in [0.2, 0.25) is 5.88 Å². The number of allylic oxidation sites excluding steroid dienone is 1. The van der Waals surface area contributed by atoms with E-state index in [9.17, 15) is 4.79 Å². The molecule has 0 fully saturated rings. The Hall–Kier alpha value is -2.66. The van der Waals surface area contributed by atoms with Crippen LogP contribution in [0.1, 0.15) is 11.1 Å². The molecule has 2 aromatic heterocycles. The van der Waals surface area contributed by atoms with Crippen molar-refractivity contribution in [2.24, 2.45) is 7.05 Å². The maximum absolute atomic E-state index is 12.2. The molecule has 23 heavy (non-hydrogen) atoms. The molecule has 4 nitrogen and oxygen atoms in total. The van der Waals surface area contributed by atoms with E-state index in [1.807, 2.05) is 48.7 Å². The number of hydrogen-bond acceptors (Lipinski definition) is 4. The van der Waals surface area contributed by atoms with Gasteiger partial charge in [0.15, 0.2) is 0 Å². The summed E-state index contributed by atoms with van der Waals surface area (Å²) in [5.74, 6) is 1.32. The molecule has 0 saturated carbocycles. The van der Waals surface area contributed by atoms with Crippen LogP contribution in [0.15, 0.2) is 52.9 Å². The normalized spacial score (nSPS) is 12.4. The van der Waals surface area contributed by atoms with E-state index < -0.39 is 0 Å². The highest BCUT2D eigenvalue weighted by Crippen LogP contribution is 2.39. The van der Waals surface area contributed by atoms with Crippen molar-refractivity contribution in [3.8, 4) is 22.1 Å². The zero-order chi connectivity index (χ0) is 15.8. The van der Waals surface area contributed by atoms with E-state index in [1.165, 1.54) is 11.3 Å². The van der Waals surface area contributed by atoms with Crippen LogP contribution in [0.5, 0.6) is 11.6 Å². The maximum atomic E-state index is 12.2. The van der Waals surface area contributed by atoms with Crippen molar-refractivity contribution in [3.63, 3.8) is 0 Å². The standard InChI is InChI=1S/C18H14N2O2S/c1-20-10-15(13-8-5-9-14(13)18(20)21)16-17(19-11-23-16)22-12-6-3-2-4-7-12/h2-8,10-11H,9H2,1H3. The molecule has 0 N–H and O–H groups in total. The third kappa shape index (κ3) is 2.39. The Morgan fingerprint density at radius 1 is 1.26 bits per heavy atom. The number of para-hydroxylation sites is 1. The maximum Gasteiger partial charge on any atom is 0.254 e. The highest BCUT2D eigenvalue weighted by Gasteiger charge is 2.21. The topological polar surface area (TPSA) is 44.1 Å². The second kappa shape index (κ2) is 5.52. The predicted molar refractivity (Wildman–Crippen MR) is 92.0 cm³/mol. The summed E-state index contributed by atoms with van der Waals surface area (Å²) in [5, 5.41) is 0. The lowest BCUT2D eigenvalue weighted by Crippen LogP contribution is -2.21. The molecule has 1 aromatic carbocycles. The Kier molecular flexibility index (Phi) is 3.35. The van der Waals surface area contributed by atoms with Crippen LogP contribution in [0.3, 0.4) is 0 Å². The van der Waals surface area contributed by atoms with Crippen molar-refractivity contribution in [2.45, 2.75) is 6.42 Å². The van der Waals surface area contributed by atoms with Gasteiger partial charge < -0.3 is 9.30 Å². The molecule has 5 heteroatoms. The van der Waals surface area contributed by atoms with Crippen LogP contribution in [0.2, 0.25) is 0 Å². The van der Waals surface area contributed by atoms with Gasteiger partial charge in [-0.15, -0.1) is 11.3 Å². The number of thiazole rings is 1. The van der Waals surface area contributed by atoms with E-state index in [0.717, 1.165) is 27.3 Å². The smallest absolute Gasteiger partial charge is 0.254 e. The lowest BCUT2D eigenvalue weighted by molar-refractivity contribution is 0.468. The second-order valence-corrected chi connectivity index (χ2v) is 6.21. The Labute approximate surface area is 137 Å². The molecule has 3 aromatic rings. The summed E-state index contributed by atoms with van der Waals surface area (Å²) in [6, 6.07) is 9.59. The van der Waals surface area contributed by atoms with E-state index in [0.29, 0.717) is 12.3 Å². The Morgan fingerprint density at radius 3 is 2.91 bits per heavy atom. The predicted octanol–water partition coefficient (Wildman–Crippen LogP) is 3.87. The van der Waals surface area contributed by atoms with Crippen LogP contribution in [-0.2, 0) is 13.5 Å². The van der Waals surface area contributed by atoms with Crippen molar-refractivity contribution < 1.29 is 4.74 Å². The highest BCUT2D eigenvalue weighted by molar-refractivity contribution is 7.13. The largest absolute Gasteiger partial charge is 0.438 e. The number of hydrogen-bond donors (Lipinski definition) is 0. The highest BCUT2D eigenvalue weighted by atomic mass is 32.1. The number of aryl methyl sites for hydroxylation is 1. The molecule has 114 valence electrons. The first-order valence-electron chi connectivity index (χ1n) is 7.30. The lowest BCUT2D eigenvalue weighted by Gasteiger charge is -2.11. The Balaban J connectivity index is 1.83. The van der Waals surface area contributed by atoms with Gasteiger partial charge >= 0.3 is 0 Å². The molecule has 0 bridgehead atoms. The molecule has 1 aliphatic rings. The van der Waals surface area contributed by atoms with Crippen LogP contribution < -0.4 is 10.3 Å². The number of rotatable bonds is 3. The molecule has 0 unspecified atom stereocenters. The van der Waals surface area contributed by atoms with Gasteiger partial charge in [-0.05, 0) is 24.1 Å². The summed E-state index contributed by atoms with van der Waals surface area (Å²) in [6.07, 6.45) is 6.58. The van der Waals surface area contributed by atoms with Crippen LogP contribution in [0.25, 0.3) is 16.5 Å². The molecule has 1 aliphatic carbocycles. The van der Waals surface area contributed by atoms with Crippen molar-refractivity contribution >= 4 is 17.4 Å². The fraction of sp³-hybridized carbons (Fsp3) is 0.111.